The van der Waals surface area contributed by atoms with E-state index in [4.69, 9.17) is 5.10 Å². The third-order valence-corrected chi connectivity index (χ3v) is 4.62. The molecule has 0 unspecified atom stereocenters. The van der Waals surface area contributed by atoms with E-state index < -0.39 is 0 Å². The highest BCUT2D eigenvalue weighted by Gasteiger charge is 2.13. The van der Waals surface area contributed by atoms with Gasteiger partial charge in [-0.3, -0.25) is 5.43 Å². The molecule has 0 spiro atoms. The third kappa shape index (κ3) is 1.96. The van der Waals surface area contributed by atoms with Crippen molar-refractivity contribution in [2.45, 2.75) is 6.42 Å². The summed E-state index contributed by atoms with van der Waals surface area (Å²) in [6.07, 6.45) is 6.94. The first-order valence-electron chi connectivity index (χ1n) is 8.04. The number of anilines is 1. The van der Waals surface area contributed by atoms with Crippen LogP contribution in [0.5, 0.6) is 0 Å². The maximum atomic E-state index is 4.74. The van der Waals surface area contributed by atoms with Crippen LogP contribution in [0.25, 0.3) is 22.9 Å². The van der Waals surface area contributed by atoms with Gasteiger partial charge in [0.2, 0.25) is 0 Å². The Morgan fingerprint density at radius 3 is 2.88 bits per heavy atom. The number of fused-ring (bicyclic) bond motifs is 6. The summed E-state index contributed by atoms with van der Waals surface area (Å²) in [4.78, 5) is 0. The van der Waals surface area contributed by atoms with Crippen LogP contribution in [0.2, 0.25) is 0 Å². The fourth-order valence-electron chi connectivity index (χ4n) is 3.40. The van der Waals surface area contributed by atoms with Crippen molar-refractivity contribution < 1.29 is 0 Å². The van der Waals surface area contributed by atoms with E-state index in [1.165, 1.54) is 16.5 Å². The van der Waals surface area contributed by atoms with Gasteiger partial charge < -0.3 is 0 Å². The molecule has 2 aliphatic rings. The molecular weight excluding hydrogens is 292 g/mol. The molecular formula is C22H14N2. The summed E-state index contributed by atoms with van der Waals surface area (Å²) in [5.74, 6) is 6.25. The van der Waals surface area contributed by atoms with Crippen molar-refractivity contribution in [2.75, 3.05) is 5.43 Å². The topological polar surface area (TPSA) is 24.4 Å². The van der Waals surface area contributed by atoms with Gasteiger partial charge in [0.15, 0.2) is 0 Å². The summed E-state index contributed by atoms with van der Waals surface area (Å²) in [7, 11) is 0. The second-order valence-electron chi connectivity index (χ2n) is 6.02. The molecule has 0 fully saturated rings. The predicted octanol–water partition coefficient (Wildman–Crippen LogP) is 3.20. The molecule has 24 heavy (non-hydrogen) atoms. The van der Waals surface area contributed by atoms with Gasteiger partial charge in [-0.15, -0.1) is 0 Å². The number of nitrogens with zero attached hydrogens (tertiary/aromatic N) is 1. The lowest BCUT2D eigenvalue weighted by molar-refractivity contribution is 1.19. The van der Waals surface area contributed by atoms with E-state index in [0.29, 0.717) is 0 Å². The molecule has 112 valence electrons. The largest absolute Gasteiger partial charge is 0.277 e. The predicted molar refractivity (Wildman–Crippen MR) is 98.9 cm³/mol. The fraction of sp³-hybridized carbons (Fsp3) is 0.0455. The molecule has 1 aliphatic carbocycles. The van der Waals surface area contributed by atoms with Gasteiger partial charge in [0.25, 0.3) is 0 Å². The molecule has 1 N–H and O–H groups in total. The van der Waals surface area contributed by atoms with Crippen molar-refractivity contribution in [2.24, 2.45) is 5.10 Å². The Labute approximate surface area is 139 Å². The number of nitrogens with one attached hydrogen (secondary N) is 1. The van der Waals surface area contributed by atoms with Crippen LogP contribution in [0.15, 0.2) is 59.7 Å². The average molecular weight is 306 g/mol. The van der Waals surface area contributed by atoms with Gasteiger partial charge in [-0.2, -0.15) is 5.10 Å². The molecule has 1 aliphatic heterocycles. The summed E-state index contributed by atoms with van der Waals surface area (Å²) in [5.41, 5.74) is 7.95. The van der Waals surface area contributed by atoms with Crippen molar-refractivity contribution >= 4 is 28.6 Å². The maximum Gasteiger partial charge on any atom is 0.0984 e. The van der Waals surface area contributed by atoms with E-state index in [2.05, 4.69) is 77.9 Å². The lowest BCUT2D eigenvalue weighted by Gasteiger charge is -2.12. The molecule has 2 nitrogen and oxygen atoms in total. The summed E-state index contributed by atoms with van der Waals surface area (Å²) in [6, 6.07) is 17.0. The standard InChI is InChI=1S/C22H14N2/c1-2-6-15-10-12-17-14-18-13-11-16-7-4-5-9-20(16)22(18)24-23-21(17)19(15)8-3-1/h2,4-7,9-14,23H,8H2. The number of hydrogen-bond donors (Lipinski definition) is 1. The SMILES string of the molecule is C1#CCc2c(ccc3c2NN=c2c(ccc4ccccc24)=C3)C=C1. The molecule has 0 saturated carbocycles. The van der Waals surface area contributed by atoms with Crippen molar-refractivity contribution in [3.05, 3.63) is 81.9 Å². The summed E-state index contributed by atoms with van der Waals surface area (Å²) >= 11 is 0. The molecule has 0 bridgehead atoms. The number of benzene rings is 3. The molecule has 3 aromatic carbocycles. The van der Waals surface area contributed by atoms with Crippen LogP contribution in [-0.2, 0) is 6.42 Å². The number of allylic oxidation sites excluding steroid dienone is 1. The summed E-state index contributed by atoms with van der Waals surface area (Å²) in [5, 5.41) is 9.24. The molecule has 3 aromatic rings. The highest BCUT2D eigenvalue weighted by molar-refractivity contribution is 5.84. The van der Waals surface area contributed by atoms with Crippen molar-refractivity contribution in [1.29, 1.82) is 0 Å². The molecule has 2 heteroatoms. The van der Waals surface area contributed by atoms with Crippen LogP contribution in [-0.4, -0.2) is 0 Å². The molecule has 0 radical (unpaired) electrons. The quantitative estimate of drug-likeness (QED) is 0.634. The number of rotatable bonds is 0. The number of hydrogen-bond acceptors (Lipinski definition) is 2. The Balaban J connectivity index is 1.82. The Bertz CT molecular complexity index is 1200. The van der Waals surface area contributed by atoms with E-state index in [9.17, 15) is 0 Å². The monoisotopic (exact) mass is 306 g/mol. The smallest absolute Gasteiger partial charge is 0.0984 e. The normalized spacial score (nSPS) is 13.7. The molecule has 5 rings (SSSR count). The van der Waals surface area contributed by atoms with Gasteiger partial charge in [0, 0.05) is 22.6 Å². The molecule has 1 heterocycles. The van der Waals surface area contributed by atoms with Crippen molar-refractivity contribution in [3.8, 4) is 11.8 Å². The minimum atomic E-state index is 0.735. The minimum Gasteiger partial charge on any atom is -0.277 e. The lowest BCUT2D eigenvalue weighted by Crippen LogP contribution is -2.25. The van der Waals surface area contributed by atoms with Crippen LogP contribution >= 0.6 is 0 Å². The van der Waals surface area contributed by atoms with Crippen LogP contribution < -0.4 is 16.0 Å². The van der Waals surface area contributed by atoms with E-state index in [0.717, 1.165) is 33.6 Å². The summed E-state index contributed by atoms with van der Waals surface area (Å²) in [6.45, 7) is 0. The minimum absolute atomic E-state index is 0.735. The van der Waals surface area contributed by atoms with E-state index in [1.54, 1.807) is 0 Å². The Morgan fingerprint density at radius 2 is 1.88 bits per heavy atom. The third-order valence-electron chi connectivity index (χ3n) is 4.62. The van der Waals surface area contributed by atoms with Gasteiger partial charge >= 0.3 is 0 Å². The van der Waals surface area contributed by atoms with Crippen LogP contribution in [0, 0.1) is 11.8 Å². The molecule has 0 atom stereocenters. The van der Waals surface area contributed by atoms with Gasteiger partial charge in [-0.1, -0.05) is 60.4 Å². The van der Waals surface area contributed by atoms with Crippen molar-refractivity contribution in [3.63, 3.8) is 0 Å². The van der Waals surface area contributed by atoms with Crippen LogP contribution in [0.4, 0.5) is 5.69 Å². The highest BCUT2D eigenvalue weighted by Crippen LogP contribution is 2.28. The Kier molecular flexibility index (Phi) is 2.80. The fourth-order valence-corrected chi connectivity index (χ4v) is 3.40. The van der Waals surface area contributed by atoms with Gasteiger partial charge in [-0.25, -0.2) is 0 Å². The Hall–Kier alpha value is -3.31. The van der Waals surface area contributed by atoms with E-state index in [1.807, 2.05) is 6.08 Å². The van der Waals surface area contributed by atoms with Gasteiger partial charge in [0.1, 0.15) is 0 Å². The first kappa shape index (κ1) is 13.2. The Morgan fingerprint density at radius 1 is 0.958 bits per heavy atom. The first-order chi connectivity index (χ1) is 11.9. The second-order valence-corrected chi connectivity index (χ2v) is 6.02. The van der Waals surface area contributed by atoms with Crippen LogP contribution in [0.3, 0.4) is 0 Å². The lowest BCUT2D eigenvalue weighted by atomic mass is 9.98. The van der Waals surface area contributed by atoms with Crippen LogP contribution in [0.1, 0.15) is 16.7 Å². The van der Waals surface area contributed by atoms with Gasteiger partial charge in [-0.05, 0) is 34.7 Å². The molecule has 0 amide bonds. The zero-order valence-corrected chi connectivity index (χ0v) is 13.0. The van der Waals surface area contributed by atoms with Crippen molar-refractivity contribution in [1.82, 2.24) is 0 Å². The zero-order valence-electron chi connectivity index (χ0n) is 13.0. The summed E-state index contributed by atoms with van der Waals surface area (Å²) < 4.78 is 0. The van der Waals surface area contributed by atoms with Gasteiger partial charge in [0.05, 0.1) is 11.0 Å². The zero-order chi connectivity index (χ0) is 15.9. The van der Waals surface area contributed by atoms with E-state index >= 15 is 0 Å². The maximum absolute atomic E-state index is 4.74. The van der Waals surface area contributed by atoms with E-state index in [-0.39, 0.29) is 0 Å². The second kappa shape index (κ2) is 5.11. The molecule has 0 saturated heterocycles. The highest BCUT2D eigenvalue weighted by atomic mass is 15.3. The first-order valence-corrected chi connectivity index (χ1v) is 8.04. The molecule has 0 aromatic heterocycles. The average Bonchev–Trinajstić information content (AvgIpc) is 2.97.